The van der Waals surface area contributed by atoms with Crippen molar-refractivity contribution < 1.29 is 12.8 Å². The summed E-state index contributed by atoms with van der Waals surface area (Å²) in [5.41, 5.74) is 0. The fraction of sp³-hybridized carbons (Fsp3) is 0.600. The lowest BCUT2D eigenvalue weighted by Crippen LogP contribution is -2.36. The second kappa shape index (κ2) is 7.86. The number of benzene rings is 1. The normalized spacial score (nSPS) is 20.2. The van der Waals surface area contributed by atoms with Crippen LogP contribution in [0.5, 0.6) is 0 Å². The molecule has 2 rings (SSSR count). The molecule has 0 aliphatic carbocycles. The molecular formula is C15H22BrFN2O2S. The summed E-state index contributed by atoms with van der Waals surface area (Å²) >= 11 is 3.16. The van der Waals surface area contributed by atoms with Gasteiger partial charge in [-0.25, -0.2) is 17.5 Å². The summed E-state index contributed by atoms with van der Waals surface area (Å²) in [5.74, 6) is -0.0261. The van der Waals surface area contributed by atoms with E-state index in [1.165, 1.54) is 25.0 Å². The first-order valence-electron chi connectivity index (χ1n) is 7.55. The maximum atomic E-state index is 13.7. The SMILES string of the molecule is CC1CCCN(CCCNS(=O)(=O)c2cc(Br)ccc2F)C1. The minimum Gasteiger partial charge on any atom is -0.303 e. The monoisotopic (exact) mass is 392 g/mol. The Labute approximate surface area is 140 Å². The Hall–Kier alpha value is -0.500. The van der Waals surface area contributed by atoms with Crippen molar-refractivity contribution in [2.45, 2.75) is 31.1 Å². The molecule has 1 aromatic carbocycles. The Morgan fingerprint density at radius 2 is 2.23 bits per heavy atom. The molecule has 1 N–H and O–H groups in total. The van der Waals surface area contributed by atoms with Crippen LogP contribution in [0.4, 0.5) is 4.39 Å². The van der Waals surface area contributed by atoms with E-state index in [1.54, 1.807) is 0 Å². The van der Waals surface area contributed by atoms with Gasteiger partial charge in [0, 0.05) is 17.6 Å². The molecule has 22 heavy (non-hydrogen) atoms. The van der Waals surface area contributed by atoms with E-state index in [9.17, 15) is 12.8 Å². The van der Waals surface area contributed by atoms with Crippen LogP contribution in [0.2, 0.25) is 0 Å². The molecule has 0 spiro atoms. The van der Waals surface area contributed by atoms with Crippen LogP contribution in [0.1, 0.15) is 26.2 Å². The molecule has 1 aliphatic heterocycles. The molecule has 0 saturated carbocycles. The molecule has 0 radical (unpaired) electrons. The van der Waals surface area contributed by atoms with E-state index >= 15 is 0 Å². The van der Waals surface area contributed by atoms with E-state index in [2.05, 4.69) is 32.5 Å². The maximum Gasteiger partial charge on any atom is 0.243 e. The standard InChI is InChI=1S/C15H22BrFN2O2S/c1-12-4-2-8-19(11-12)9-3-7-18-22(20,21)15-10-13(16)5-6-14(15)17/h5-6,10,12,18H,2-4,7-9,11H2,1H3. The van der Waals surface area contributed by atoms with Crippen LogP contribution in [0.3, 0.4) is 0 Å². The summed E-state index contributed by atoms with van der Waals surface area (Å²) in [5, 5.41) is 0. The first-order valence-corrected chi connectivity index (χ1v) is 9.83. The minimum absolute atomic E-state index is 0.312. The third kappa shape index (κ3) is 5.01. The molecule has 1 unspecified atom stereocenters. The zero-order valence-corrected chi connectivity index (χ0v) is 15.1. The van der Waals surface area contributed by atoms with Crippen molar-refractivity contribution >= 4 is 26.0 Å². The van der Waals surface area contributed by atoms with Crippen LogP contribution < -0.4 is 4.72 Å². The molecule has 0 aromatic heterocycles. The largest absolute Gasteiger partial charge is 0.303 e. The van der Waals surface area contributed by atoms with E-state index in [1.807, 2.05) is 0 Å². The number of nitrogens with one attached hydrogen (secondary N) is 1. The van der Waals surface area contributed by atoms with E-state index in [0.717, 1.165) is 32.1 Å². The van der Waals surface area contributed by atoms with Crippen LogP contribution in [0.25, 0.3) is 0 Å². The summed E-state index contributed by atoms with van der Waals surface area (Å²) < 4.78 is 40.9. The number of nitrogens with zero attached hydrogens (tertiary/aromatic N) is 1. The van der Waals surface area contributed by atoms with Gasteiger partial charge in [-0.05, 0) is 56.5 Å². The van der Waals surface area contributed by atoms with Gasteiger partial charge in [0.2, 0.25) is 10.0 Å². The molecule has 1 atom stereocenters. The molecule has 0 bridgehead atoms. The molecule has 1 aromatic rings. The predicted octanol–water partition coefficient (Wildman–Crippen LogP) is 2.99. The molecule has 1 saturated heterocycles. The average Bonchev–Trinajstić information content (AvgIpc) is 2.46. The maximum absolute atomic E-state index is 13.7. The van der Waals surface area contributed by atoms with Crippen molar-refractivity contribution in [2.75, 3.05) is 26.2 Å². The Balaban J connectivity index is 1.84. The van der Waals surface area contributed by atoms with Crippen LogP contribution in [0, 0.1) is 11.7 Å². The van der Waals surface area contributed by atoms with Gasteiger partial charge < -0.3 is 4.90 Å². The lowest BCUT2D eigenvalue weighted by molar-refractivity contribution is 0.182. The van der Waals surface area contributed by atoms with E-state index < -0.39 is 15.8 Å². The van der Waals surface area contributed by atoms with Crippen molar-refractivity contribution in [2.24, 2.45) is 5.92 Å². The summed E-state index contributed by atoms with van der Waals surface area (Å²) in [4.78, 5) is 2.05. The van der Waals surface area contributed by atoms with Crippen molar-refractivity contribution in [3.8, 4) is 0 Å². The molecule has 1 heterocycles. The number of hydrogen-bond acceptors (Lipinski definition) is 3. The summed E-state index contributed by atoms with van der Waals surface area (Å²) in [6, 6.07) is 3.91. The highest BCUT2D eigenvalue weighted by molar-refractivity contribution is 9.10. The van der Waals surface area contributed by atoms with Gasteiger partial charge in [0.05, 0.1) is 0 Å². The minimum atomic E-state index is -3.80. The Kier molecular flexibility index (Phi) is 6.37. The highest BCUT2D eigenvalue weighted by Gasteiger charge is 2.19. The Morgan fingerprint density at radius 3 is 2.95 bits per heavy atom. The van der Waals surface area contributed by atoms with Gasteiger partial charge in [0.15, 0.2) is 0 Å². The van der Waals surface area contributed by atoms with Gasteiger partial charge in [-0.1, -0.05) is 22.9 Å². The molecule has 7 heteroatoms. The second-order valence-corrected chi connectivity index (χ2v) is 8.53. The van der Waals surface area contributed by atoms with Crippen molar-refractivity contribution in [1.82, 2.24) is 9.62 Å². The van der Waals surface area contributed by atoms with E-state index in [0.29, 0.717) is 16.9 Å². The number of hydrogen-bond donors (Lipinski definition) is 1. The van der Waals surface area contributed by atoms with Gasteiger partial charge in [0.25, 0.3) is 0 Å². The first kappa shape index (κ1) is 17.8. The molecular weight excluding hydrogens is 371 g/mol. The molecule has 4 nitrogen and oxygen atoms in total. The molecule has 1 aliphatic rings. The van der Waals surface area contributed by atoms with Gasteiger partial charge in [-0.3, -0.25) is 0 Å². The van der Waals surface area contributed by atoms with Crippen molar-refractivity contribution in [1.29, 1.82) is 0 Å². The quantitative estimate of drug-likeness (QED) is 0.756. The van der Waals surface area contributed by atoms with Gasteiger partial charge >= 0.3 is 0 Å². The van der Waals surface area contributed by atoms with Gasteiger partial charge in [-0.2, -0.15) is 0 Å². The summed E-state index contributed by atoms with van der Waals surface area (Å²) in [7, 11) is -3.80. The summed E-state index contributed by atoms with van der Waals surface area (Å²) in [6.45, 7) is 5.59. The zero-order chi connectivity index (χ0) is 16.2. The molecule has 124 valence electrons. The number of rotatable bonds is 6. The number of sulfonamides is 1. The van der Waals surface area contributed by atoms with Crippen LogP contribution >= 0.6 is 15.9 Å². The Bertz CT molecular complexity index is 610. The smallest absolute Gasteiger partial charge is 0.243 e. The topological polar surface area (TPSA) is 49.4 Å². The van der Waals surface area contributed by atoms with Gasteiger partial charge in [-0.15, -0.1) is 0 Å². The fourth-order valence-corrected chi connectivity index (χ4v) is 4.45. The third-order valence-electron chi connectivity index (χ3n) is 3.87. The number of halogens is 2. The highest BCUT2D eigenvalue weighted by Crippen LogP contribution is 2.20. The summed E-state index contributed by atoms with van der Waals surface area (Å²) in [6.07, 6.45) is 3.20. The lowest BCUT2D eigenvalue weighted by atomic mass is 10.0. The van der Waals surface area contributed by atoms with Crippen LogP contribution in [0.15, 0.2) is 27.6 Å². The highest BCUT2D eigenvalue weighted by atomic mass is 79.9. The Morgan fingerprint density at radius 1 is 1.45 bits per heavy atom. The second-order valence-electron chi connectivity index (χ2n) is 5.87. The third-order valence-corrected chi connectivity index (χ3v) is 5.84. The number of piperidine rings is 1. The first-order chi connectivity index (χ1) is 10.4. The fourth-order valence-electron chi connectivity index (χ4n) is 2.76. The van der Waals surface area contributed by atoms with Gasteiger partial charge in [0.1, 0.15) is 10.7 Å². The van der Waals surface area contributed by atoms with E-state index in [-0.39, 0.29) is 4.90 Å². The van der Waals surface area contributed by atoms with Crippen LogP contribution in [-0.2, 0) is 10.0 Å². The van der Waals surface area contributed by atoms with E-state index in [4.69, 9.17) is 0 Å². The van der Waals surface area contributed by atoms with Crippen molar-refractivity contribution in [3.05, 3.63) is 28.5 Å². The lowest BCUT2D eigenvalue weighted by Gasteiger charge is -2.30. The molecule has 0 amide bonds. The number of likely N-dealkylation sites (tertiary alicyclic amines) is 1. The predicted molar refractivity (Wildman–Crippen MR) is 88.7 cm³/mol. The van der Waals surface area contributed by atoms with Crippen molar-refractivity contribution in [3.63, 3.8) is 0 Å². The molecule has 1 fully saturated rings. The van der Waals surface area contributed by atoms with Crippen LogP contribution in [-0.4, -0.2) is 39.5 Å². The average molecular weight is 393 g/mol. The zero-order valence-electron chi connectivity index (χ0n) is 12.7.